The molecule has 0 aliphatic heterocycles. The lowest BCUT2D eigenvalue weighted by molar-refractivity contribution is -0.124. The van der Waals surface area contributed by atoms with Crippen molar-refractivity contribution in [3.05, 3.63) is 66.0 Å². The van der Waals surface area contributed by atoms with Gasteiger partial charge in [0.05, 0.1) is 12.3 Å². The standard InChI is InChI=1S/C27H29FN4OS/c28-23-8-6-22(7-9-23)25-30-31-26(32(25)16-18-4-2-1-3-5-18)34-17-24(33)29-27-13-19-10-20(14-27)12-21(11-19)15-27/h1-9,19-21H,10-17H2,(H,29,33). The molecule has 0 unspecified atom stereocenters. The summed E-state index contributed by atoms with van der Waals surface area (Å²) in [6.45, 7) is 0.583. The fourth-order valence-corrected chi connectivity index (χ4v) is 7.58. The van der Waals surface area contributed by atoms with Crippen LogP contribution >= 0.6 is 11.8 Å². The first-order valence-corrected chi connectivity index (χ1v) is 13.2. The van der Waals surface area contributed by atoms with Crippen molar-refractivity contribution >= 4 is 17.7 Å². The molecule has 0 radical (unpaired) electrons. The van der Waals surface area contributed by atoms with Gasteiger partial charge in [-0.25, -0.2) is 4.39 Å². The Hall–Kier alpha value is -2.67. The van der Waals surface area contributed by atoms with Crippen molar-refractivity contribution in [3.8, 4) is 11.4 Å². The highest BCUT2D eigenvalue weighted by molar-refractivity contribution is 7.99. The minimum absolute atomic E-state index is 0.0172. The molecular weight excluding hydrogens is 447 g/mol. The number of hydrogen-bond acceptors (Lipinski definition) is 4. The Morgan fingerprint density at radius 1 is 0.971 bits per heavy atom. The maximum atomic E-state index is 13.5. The van der Waals surface area contributed by atoms with Crippen molar-refractivity contribution in [2.75, 3.05) is 5.75 Å². The summed E-state index contributed by atoms with van der Waals surface area (Å²) < 4.78 is 15.5. The second kappa shape index (κ2) is 8.84. The highest BCUT2D eigenvalue weighted by Crippen LogP contribution is 2.55. The third-order valence-electron chi connectivity index (χ3n) is 7.78. The normalized spacial score (nSPS) is 27.1. The Balaban J connectivity index is 1.19. The molecule has 34 heavy (non-hydrogen) atoms. The number of nitrogens with one attached hydrogen (secondary N) is 1. The summed E-state index contributed by atoms with van der Waals surface area (Å²) in [7, 11) is 0. The van der Waals surface area contributed by atoms with Crippen LogP contribution < -0.4 is 5.32 Å². The van der Waals surface area contributed by atoms with E-state index < -0.39 is 0 Å². The lowest BCUT2D eigenvalue weighted by Gasteiger charge is -2.56. The first kappa shape index (κ1) is 21.8. The molecule has 4 bridgehead atoms. The third-order valence-corrected chi connectivity index (χ3v) is 8.74. The van der Waals surface area contributed by atoms with Crippen LogP contribution in [-0.4, -0.2) is 32.0 Å². The summed E-state index contributed by atoms with van der Waals surface area (Å²) in [5, 5.41) is 13.0. The summed E-state index contributed by atoms with van der Waals surface area (Å²) in [5.74, 6) is 3.19. The van der Waals surface area contributed by atoms with Crippen LogP contribution in [0.1, 0.15) is 44.1 Å². The molecule has 176 valence electrons. The van der Waals surface area contributed by atoms with Gasteiger partial charge in [-0.2, -0.15) is 0 Å². The van der Waals surface area contributed by atoms with E-state index in [-0.39, 0.29) is 17.3 Å². The molecule has 4 saturated carbocycles. The van der Waals surface area contributed by atoms with Gasteiger partial charge in [-0.15, -0.1) is 10.2 Å². The molecule has 3 aromatic rings. The van der Waals surface area contributed by atoms with E-state index in [0.717, 1.165) is 48.1 Å². The monoisotopic (exact) mass is 476 g/mol. The quantitative estimate of drug-likeness (QED) is 0.470. The number of carbonyl (C=O) groups excluding carboxylic acids is 1. The second-order valence-corrected chi connectivity index (χ2v) is 11.4. The first-order valence-electron chi connectivity index (χ1n) is 12.2. The zero-order valence-corrected chi connectivity index (χ0v) is 19.9. The number of hydrogen-bond donors (Lipinski definition) is 1. The number of rotatable bonds is 7. The van der Waals surface area contributed by atoms with Gasteiger partial charge in [-0.05, 0) is 86.1 Å². The number of carbonyl (C=O) groups is 1. The molecule has 0 saturated heterocycles. The fraction of sp³-hybridized carbons (Fsp3) is 0.444. The summed E-state index contributed by atoms with van der Waals surface area (Å²) >= 11 is 1.42. The summed E-state index contributed by atoms with van der Waals surface area (Å²) in [6.07, 6.45) is 7.52. The first-order chi connectivity index (χ1) is 16.6. The third kappa shape index (κ3) is 4.38. The molecule has 4 aliphatic carbocycles. The SMILES string of the molecule is O=C(CSc1nnc(-c2ccc(F)cc2)n1Cc1ccccc1)NC12CC3CC(CC(C3)C1)C2. The average molecular weight is 477 g/mol. The van der Waals surface area contributed by atoms with E-state index >= 15 is 0 Å². The van der Waals surface area contributed by atoms with Crippen LogP contribution in [0.3, 0.4) is 0 Å². The molecule has 1 aromatic heterocycles. The van der Waals surface area contributed by atoms with E-state index in [9.17, 15) is 9.18 Å². The van der Waals surface area contributed by atoms with Crippen molar-refractivity contribution in [2.24, 2.45) is 17.8 Å². The summed E-state index contributed by atoms with van der Waals surface area (Å²) in [5.41, 5.74) is 1.93. The van der Waals surface area contributed by atoms with Crippen LogP contribution in [0.5, 0.6) is 0 Å². The van der Waals surface area contributed by atoms with Crippen molar-refractivity contribution in [2.45, 2.75) is 55.8 Å². The van der Waals surface area contributed by atoms with Crippen LogP contribution in [-0.2, 0) is 11.3 Å². The molecule has 1 amide bonds. The topological polar surface area (TPSA) is 59.8 Å². The molecule has 1 N–H and O–H groups in total. The molecule has 0 atom stereocenters. The molecule has 2 aromatic carbocycles. The second-order valence-electron chi connectivity index (χ2n) is 10.4. The van der Waals surface area contributed by atoms with Crippen LogP contribution in [0.15, 0.2) is 59.8 Å². The minimum Gasteiger partial charge on any atom is -0.350 e. The van der Waals surface area contributed by atoms with Crippen LogP contribution in [0.25, 0.3) is 11.4 Å². The van der Waals surface area contributed by atoms with Crippen LogP contribution in [0.4, 0.5) is 4.39 Å². The molecule has 4 aliphatic rings. The largest absolute Gasteiger partial charge is 0.350 e. The number of thioether (sulfide) groups is 1. The minimum atomic E-state index is -0.283. The maximum Gasteiger partial charge on any atom is 0.230 e. The Labute approximate surface area is 203 Å². The Morgan fingerprint density at radius 3 is 2.26 bits per heavy atom. The van der Waals surface area contributed by atoms with Gasteiger partial charge < -0.3 is 5.32 Å². The number of halogens is 1. The van der Waals surface area contributed by atoms with Gasteiger partial charge in [-0.3, -0.25) is 9.36 Å². The maximum absolute atomic E-state index is 13.5. The Kier molecular flexibility index (Phi) is 5.68. The molecular formula is C27H29FN4OS. The average Bonchev–Trinajstić information content (AvgIpc) is 3.20. The molecule has 0 spiro atoms. The number of benzene rings is 2. The van der Waals surface area contributed by atoms with Gasteiger partial charge in [0.2, 0.25) is 5.91 Å². The van der Waals surface area contributed by atoms with Gasteiger partial charge in [0.1, 0.15) is 5.82 Å². The smallest absolute Gasteiger partial charge is 0.230 e. The Morgan fingerprint density at radius 2 is 1.62 bits per heavy atom. The van der Waals surface area contributed by atoms with Gasteiger partial charge in [0, 0.05) is 11.1 Å². The molecule has 4 fully saturated rings. The summed E-state index contributed by atoms with van der Waals surface area (Å²) in [6, 6.07) is 16.4. The predicted octanol–water partition coefficient (Wildman–Crippen LogP) is 5.31. The van der Waals surface area contributed by atoms with E-state index in [4.69, 9.17) is 0 Å². The van der Waals surface area contributed by atoms with Gasteiger partial charge >= 0.3 is 0 Å². The van der Waals surface area contributed by atoms with Crippen LogP contribution in [0.2, 0.25) is 0 Å². The zero-order valence-electron chi connectivity index (χ0n) is 19.1. The predicted molar refractivity (Wildman–Crippen MR) is 131 cm³/mol. The van der Waals surface area contributed by atoms with Crippen molar-refractivity contribution in [1.82, 2.24) is 20.1 Å². The molecule has 1 heterocycles. The van der Waals surface area contributed by atoms with Crippen molar-refractivity contribution < 1.29 is 9.18 Å². The number of nitrogens with zero attached hydrogens (tertiary/aromatic N) is 3. The fourth-order valence-electron chi connectivity index (χ4n) is 6.84. The van der Waals surface area contributed by atoms with E-state index in [0.29, 0.717) is 23.3 Å². The lowest BCUT2D eigenvalue weighted by Crippen LogP contribution is -2.60. The zero-order chi connectivity index (χ0) is 23.1. The Bertz CT molecular complexity index is 1140. The highest BCUT2D eigenvalue weighted by Gasteiger charge is 2.51. The lowest BCUT2D eigenvalue weighted by atomic mass is 9.53. The van der Waals surface area contributed by atoms with Crippen molar-refractivity contribution in [1.29, 1.82) is 0 Å². The van der Waals surface area contributed by atoms with Crippen molar-refractivity contribution in [3.63, 3.8) is 0 Å². The molecule has 5 nitrogen and oxygen atoms in total. The van der Waals surface area contributed by atoms with Gasteiger partial charge in [0.25, 0.3) is 0 Å². The van der Waals surface area contributed by atoms with E-state index in [1.165, 1.54) is 43.2 Å². The number of amides is 1. The van der Waals surface area contributed by atoms with Gasteiger partial charge in [0.15, 0.2) is 11.0 Å². The molecule has 7 heteroatoms. The van der Waals surface area contributed by atoms with Crippen LogP contribution in [0, 0.1) is 23.6 Å². The van der Waals surface area contributed by atoms with E-state index in [1.54, 1.807) is 12.1 Å². The molecule has 7 rings (SSSR count). The summed E-state index contributed by atoms with van der Waals surface area (Å²) in [4.78, 5) is 13.1. The van der Waals surface area contributed by atoms with E-state index in [1.807, 2.05) is 22.8 Å². The van der Waals surface area contributed by atoms with E-state index in [2.05, 4.69) is 27.6 Å². The highest BCUT2D eigenvalue weighted by atomic mass is 32.2. The number of aromatic nitrogens is 3. The van der Waals surface area contributed by atoms with Gasteiger partial charge in [-0.1, -0.05) is 42.1 Å².